The zero-order valence-electron chi connectivity index (χ0n) is 9.63. The van der Waals surface area contributed by atoms with Crippen LogP contribution < -0.4 is 16.8 Å². The van der Waals surface area contributed by atoms with Gasteiger partial charge in [-0.3, -0.25) is 14.5 Å². The second-order valence-corrected chi connectivity index (χ2v) is 3.60. The molecule has 0 radical (unpaired) electrons. The minimum Gasteiger partial charge on any atom is -0.480 e. The van der Waals surface area contributed by atoms with E-state index in [1.54, 1.807) is 0 Å². The average molecular weight is 248 g/mol. The summed E-state index contributed by atoms with van der Waals surface area (Å²) in [6.07, 6.45) is 0. The van der Waals surface area contributed by atoms with Crippen molar-refractivity contribution in [2.75, 3.05) is 39.3 Å². The number of carboxylic acid groups (broad SMARTS) is 2. The van der Waals surface area contributed by atoms with Crippen molar-refractivity contribution in [1.82, 2.24) is 10.2 Å². The van der Waals surface area contributed by atoms with Crippen LogP contribution in [0.15, 0.2) is 0 Å². The molecule has 0 aliphatic carbocycles. The van der Waals surface area contributed by atoms with Crippen LogP contribution in [0.1, 0.15) is 0 Å². The van der Waals surface area contributed by atoms with Crippen LogP contribution in [0.4, 0.5) is 0 Å². The highest BCUT2D eigenvalue weighted by Crippen LogP contribution is 1.89. The Balaban J connectivity index is 0.000000325. The lowest BCUT2D eigenvalue weighted by Gasteiger charge is -2.25. The van der Waals surface area contributed by atoms with Crippen molar-refractivity contribution in [3.63, 3.8) is 0 Å². The smallest absolute Gasteiger partial charge is 0.321 e. The number of rotatable bonds is 4. The molecular weight excluding hydrogens is 228 g/mol. The van der Waals surface area contributed by atoms with Crippen molar-refractivity contribution >= 4 is 11.9 Å². The number of aliphatic carboxylic acids is 2. The van der Waals surface area contributed by atoms with E-state index in [0.29, 0.717) is 0 Å². The third kappa shape index (κ3) is 8.57. The zero-order valence-corrected chi connectivity index (χ0v) is 9.63. The van der Waals surface area contributed by atoms with Crippen molar-refractivity contribution in [3.8, 4) is 0 Å². The number of nitrogens with two attached hydrogens (primary N) is 2. The van der Waals surface area contributed by atoms with E-state index in [9.17, 15) is 9.59 Å². The fourth-order valence-electron chi connectivity index (χ4n) is 1.16. The number of carbonyl (C=O) groups is 2. The van der Waals surface area contributed by atoms with Crippen LogP contribution in [-0.4, -0.2) is 72.4 Å². The molecule has 1 saturated heterocycles. The first-order valence-corrected chi connectivity index (χ1v) is 5.30. The molecule has 1 aliphatic heterocycles. The van der Waals surface area contributed by atoms with Gasteiger partial charge in [-0.25, -0.2) is 0 Å². The van der Waals surface area contributed by atoms with E-state index < -0.39 is 18.0 Å². The summed E-state index contributed by atoms with van der Waals surface area (Å²) in [5, 5.41) is 19.5. The van der Waals surface area contributed by atoms with E-state index in [1.165, 1.54) is 0 Å². The maximum Gasteiger partial charge on any atom is 0.321 e. The van der Waals surface area contributed by atoms with Crippen LogP contribution in [0.25, 0.3) is 0 Å². The van der Waals surface area contributed by atoms with Crippen molar-refractivity contribution in [1.29, 1.82) is 0 Å². The Morgan fingerprint density at radius 3 is 2.12 bits per heavy atom. The molecule has 0 aromatic heterocycles. The van der Waals surface area contributed by atoms with Crippen LogP contribution in [0.2, 0.25) is 0 Å². The number of nitrogens with one attached hydrogen (secondary N) is 1. The van der Waals surface area contributed by atoms with Gasteiger partial charge in [-0.1, -0.05) is 0 Å². The maximum atomic E-state index is 10.2. The molecule has 0 spiro atoms. The van der Waals surface area contributed by atoms with E-state index in [2.05, 4.69) is 5.32 Å². The normalized spacial score (nSPS) is 17.8. The van der Waals surface area contributed by atoms with Gasteiger partial charge in [0.2, 0.25) is 0 Å². The van der Waals surface area contributed by atoms with E-state index >= 15 is 0 Å². The number of hydrogen-bond acceptors (Lipinski definition) is 6. The largest absolute Gasteiger partial charge is 0.480 e. The van der Waals surface area contributed by atoms with Gasteiger partial charge in [0.1, 0.15) is 6.04 Å². The zero-order chi connectivity index (χ0) is 13.3. The highest BCUT2D eigenvalue weighted by molar-refractivity contribution is 5.73. The molecule has 1 heterocycles. The molecule has 1 aliphatic rings. The molecule has 8 heteroatoms. The monoisotopic (exact) mass is 248 g/mol. The van der Waals surface area contributed by atoms with Crippen molar-refractivity contribution in [2.45, 2.75) is 6.04 Å². The Hall–Kier alpha value is -1.22. The third-order valence-electron chi connectivity index (χ3n) is 2.14. The minimum absolute atomic E-state index is 0.00463. The summed E-state index contributed by atoms with van der Waals surface area (Å²) < 4.78 is 0. The molecule has 0 amide bonds. The van der Waals surface area contributed by atoms with Crippen LogP contribution in [0.3, 0.4) is 0 Å². The Bertz CT molecular complexity index is 243. The topological polar surface area (TPSA) is 142 Å². The Kier molecular flexibility index (Phi) is 8.24. The van der Waals surface area contributed by atoms with Crippen LogP contribution >= 0.6 is 0 Å². The van der Waals surface area contributed by atoms with Gasteiger partial charge in [-0.2, -0.15) is 0 Å². The number of nitrogens with zero attached hydrogens (tertiary/aromatic N) is 1. The molecule has 0 saturated carbocycles. The van der Waals surface area contributed by atoms with E-state index in [-0.39, 0.29) is 13.1 Å². The lowest BCUT2D eigenvalue weighted by molar-refractivity contribution is -0.139. The van der Waals surface area contributed by atoms with Crippen LogP contribution in [-0.2, 0) is 9.59 Å². The Morgan fingerprint density at radius 2 is 1.82 bits per heavy atom. The van der Waals surface area contributed by atoms with Gasteiger partial charge in [-0.05, 0) is 0 Å². The van der Waals surface area contributed by atoms with Gasteiger partial charge in [0.05, 0.1) is 6.54 Å². The fraction of sp³-hybridized carbons (Fsp3) is 0.778. The lowest BCUT2D eigenvalue weighted by atomic mass is 10.3. The summed E-state index contributed by atoms with van der Waals surface area (Å²) in [6.45, 7) is 3.70. The fourth-order valence-corrected chi connectivity index (χ4v) is 1.16. The Morgan fingerprint density at radius 1 is 1.29 bits per heavy atom. The average Bonchev–Trinajstić information content (AvgIpc) is 2.29. The standard InChI is InChI=1S/C6H12N2O2.C3H8N2O2/c9-6(10)5-8-3-1-7-2-4-8;4-1-2(5)3(6)7/h7H,1-5H2,(H,9,10);2H,1,4-5H2,(H,6,7). The first kappa shape index (κ1) is 15.8. The second kappa shape index (κ2) is 8.88. The highest BCUT2D eigenvalue weighted by Gasteiger charge is 2.11. The van der Waals surface area contributed by atoms with Crippen molar-refractivity contribution < 1.29 is 19.8 Å². The van der Waals surface area contributed by atoms with Gasteiger partial charge in [0, 0.05) is 32.7 Å². The van der Waals surface area contributed by atoms with Gasteiger partial charge >= 0.3 is 11.9 Å². The summed E-state index contributed by atoms with van der Waals surface area (Å²) in [5.74, 6) is -1.79. The third-order valence-corrected chi connectivity index (χ3v) is 2.14. The summed E-state index contributed by atoms with van der Waals surface area (Å²) in [7, 11) is 0. The molecule has 100 valence electrons. The Labute approximate surface area is 99.6 Å². The molecule has 8 nitrogen and oxygen atoms in total. The van der Waals surface area contributed by atoms with Crippen LogP contribution in [0, 0.1) is 0 Å². The molecule has 1 unspecified atom stereocenters. The van der Waals surface area contributed by atoms with Crippen LogP contribution in [0.5, 0.6) is 0 Å². The lowest BCUT2D eigenvalue weighted by Crippen LogP contribution is -2.45. The first-order chi connectivity index (χ1) is 7.97. The molecule has 0 aromatic carbocycles. The molecular formula is C9H20N4O4. The second-order valence-electron chi connectivity index (χ2n) is 3.60. The molecule has 1 atom stereocenters. The summed E-state index contributed by atoms with van der Waals surface area (Å²) in [5.41, 5.74) is 9.76. The van der Waals surface area contributed by atoms with Gasteiger partial charge in [-0.15, -0.1) is 0 Å². The highest BCUT2D eigenvalue weighted by atomic mass is 16.4. The molecule has 17 heavy (non-hydrogen) atoms. The number of carboxylic acids is 2. The van der Waals surface area contributed by atoms with Gasteiger partial charge in [0.15, 0.2) is 0 Å². The predicted octanol–water partition coefficient (Wildman–Crippen LogP) is -2.67. The minimum atomic E-state index is -1.05. The molecule has 7 N–H and O–H groups in total. The number of hydrogen-bond donors (Lipinski definition) is 5. The SMILES string of the molecule is NCC(N)C(=O)O.O=C(O)CN1CCNCC1. The van der Waals surface area contributed by atoms with Gasteiger partial charge in [0.25, 0.3) is 0 Å². The number of piperazine rings is 1. The van der Waals surface area contributed by atoms with Gasteiger partial charge < -0.3 is 27.0 Å². The first-order valence-electron chi connectivity index (χ1n) is 5.30. The molecule has 0 bridgehead atoms. The summed E-state index contributed by atoms with van der Waals surface area (Å²) >= 11 is 0. The molecule has 1 rings (SSSR count). The van der Waals surface area contributed by atoms with Crippen molar-refractivity contribution in [2.24, 2.45) is 11.5 Å². The predicted molar refractivity (Wildman–Crippen MR) is 61.6 cm³/mol. The summed E-state index contributed by atoms with van der Waals surface area (Å²) in [6, 6.07) is -0.903. The van der Waals surface area contributed by atoms with E-state index in [0.717, 1.165) is 26.2 Å². The van der Waals surface area contributed by atoms with Crippen molar-refractivity contribution in [3.05, 3.63) is 0 Å². The summed E-state index contributed by atoms with van der Waals surface area (Å²) in [4.78, 5) is 21.9. The molecule has 0 aromatic rings. The van der Waals surface area contributed by atoms with E-state index in [4.69, 9.17) is 21.7 Å². The quantitative estimate of drug-likeness (QED) is 0.362. The van der Waals surface area contributed by atoms with E-state index in [1.807, 2.05) is 4.90 Å². The molecule has 1 fully saturated rings. The maximum absolute atomic E-state index is 10.2.